The van der Waals surface area contributed by atoms with Crippen molar-refractivity contribution in [3.63, 3.8) is 0 Å². The molecule has 5 rings (SSSR count). The van der Waals surface area contributed by atoms with Gasteiger partial charge in [-0.2, -0.15) is 0 Å². The van der Waals surface area contributed by atoms with E-state index >= 15 is 0 Å². The lowest BCUT2D eigenvalue weighted by molar-refractivity contribution is 0.245. The van der Waals surface area contributed by atoms with E-state index < -0.39 is 20.7 Å². The van der Waals surface area contributed by atoms with Crippen molar-refractivity contribution in [1.29, 1.82) is 0 Å². The molecular formula is C20H17FN4O3S2. The highest BCUT2D eigenvalue weighted by molar-refractivity contribution is 7.89. The number of halogens is 1. The van der Waals surface area contributed by atoms with Gasteiger partial charge in [-0.05, 0) is 54.8 Å². The number of fused-ring (bicyclic) bond motifs is 3. The first-order valence-electron chi connectivity index (χ1n) is 9.29. The van der Waals surface area contributed by atoms with Gasteiger partial charge in [-0.25, -0.2) is 27.7 Å². The van der Waals surface area contributed by atoms with E-state index in [-0.39, 0.29) is 12.1 Å². The van der Waals surface area contributed by atoms with Crippen molar-refractivity contribution >= 4 is 38.8 Å². The molecule has 3 aromatic rings. The zero-order chi connectivity index (χ0) is 21.0. The Labute approximate surface area is 176 Å². The lowest BCUT2D eigenvalue weighted by atomic mass is 10.1. The number of primary sulfonamides is 1. The third-order valence-corrected chi connectivity index (χ3v) is 7.25. The fourth-order valence-electron chi connectivity index (χ4n) is 4.12. The van der Waals surface area contributed by atoms with Gasteiger partial charge in [0.15, 0.2) is 0 Å². The minimum atomic E-state index is -4.23. The van der Waals surface area contributed by atoms with Crippen LogP contribution in [0.4, 0.5) is 20.6 Å². The molecule has 0 radical (unpaired) electrons. The van der Waals surface area contributed by atoms with E-state index in [1.807, 2.05) is 29.6 Å². The Morgan fingerprint density at radius 3 is 2.63 bits per heavy atom. The Hall–Kier alpha value is -2.82. The number of carbonyl (C=O) groups is 1. The van der Waals surface area contributed by atoms with Crippen LogP contribution in [0.3, 0.4) is 0 Å². The van der Waals surface area contributed by atoms with Crippen LogP contribution in [-0.4, -0.2) is 32.0 Å². The SMILES string of the molecule is NS(=O)(=O)c1cc2c(cc1F)CC1CCN(c3ccc(-c4nccs4)cc3)C(=O)N21. The van der Waals surface area contributed by atoms with Crippen LogP contribution in [0.15, 0.2) is 52.9 Å². The summed E-state index contributed by atoms with van der Waals surface area (Å²) in [6, 6.07) is 9.52. The molecule has 0 aliphatic carbocycles. The highest BCUT2D eigenvalue weighted by Gasteiger charge is 2.41. The number of aromatic nitrogens is 1. The maximum Gasteiger partial charge on any atom is 0.329 e. The number of rotatable bonds is 3. The maximum atomic E-state index is 14.2. The molecule has 0 spiro atoms. The molecule has 7 nitrogen and oxygen atoms in total. The molecular weight excluding hydrogens is 427 g/mol. The molecule has 2 N–H and O–H groups in total. The number of nitrogens with two attached hydrogens (primary N) is 1. The maximum absolute atomic E-state index is 14.2. The first-order valence-corrected chi connectivity index (χ1v) is 11.7. The molecule has 10 heteroatoms. The van der Waals surface area contributed by atoms with E-state index in [2.05, 4.69) is 4.98 Å². The summed E-state index contributed by atoms with van der Waals surface area (Å²) < 4.78 is 37.7. The van der Waals surface area contributed by atoms with Gasteiger partial charge in [0.25, 0.3) is 0 Å². The topological polar surface area (TPSA) is 96.6 Å². The Kier molecular flexibility index (Phi) is 4.38. The van der Waals surface area contributed by atoms with Gasteiger partial charge < -0.3 is 0 Å². The van der Waals surface area contributed by atoms with Crippen LogP contribution < -0.4 is 14.9 Å². The molecule has 2 aliphatic rings. The number of urea groups is 1. The predicted molar refractivity (Wildman–Crippen MR) is 113 cm³/mol. The van der Waals surface area contributed by atoms with Crippen LogP contribution in [0.5, 0.6) is 0 Å². The molecule has 3 heterocycles. The summed E-state index contributed by atoms with van der Waals surface area (Å²) in [5.74, 6) is -0.891. The van der Waals surface area contributed by atoms with Crippen molar-refractivity contribution in [2.75, 3.05) is 16.3 Å². The quantitative estimate of drug-likeness (QED) is 0.670. The van der Waals surface area contributed by atoms with E-state index in [0.717, 1.165) is 16.3 Å². The van der Waals surface area contributed by atoms with E-state index in [9.17, 15) is 17.6 Å². The zero-order valence-electron chi connectivity index (χ0n) is 15.7. The Bertz CT molecular complexity index is 1240. The number of thiazole rings is 1. The molecule has 1 aromatic heterocycles. The lowest BCUT2D eigenvalue weighted by Crippen LogP contribution is -2.53. The Morgan fingerprint density at radius 1 is 1.20 bits per heavy atom. The monoisotopic (exact) mass is 444 g/mol. The highest BCUT2D eigenvalue weighted by atomic mass is 32.2. The van der Waals surface area contributed by atoms with Crippen molar-refractivity contribution in [1.82, 2.24) is 4.98 Å². The lowest BCUT2D eigenvalue weighted by Gasteiger charge is -2.38. The average molecular weight is 445 g/mol. The number of sulfonamides is 1. The second-order valence-electron chi connectivity index (χ2n) is 7.29. The Balaban J connectivity index is 1.48. The normalized spacial score (nSPS) is 18.5. The molecule has 1 fully saturated rings. The largest absolute Gasteiger partial charge is 0.329 e. The molecule has 1 saturated heterocycles. The third-order valence-electron chi connectivity index (χ3n) is 5.50. The molecule has 2 amide bonds. The summed E-state index contributed by atoms with van der Waals surface area (Å²) >= 11 is 1.54. The van der Waals surface area contributed by atoms with Crippen LogP contribution in [0, 0.1) is 5.82 Å². The molecule has 30 heavy (non-hydrogen) atoms. The van der Waals surface area contributed by atoms with Crippen LogP contribution in [0.2, 0.25) is 0 Å². The highest BCUT2D eigenvalue weighted by Crippen LogP contribution is 2.40. The number of carbonyl (C=O) groups excluding carboxylic acids is 1. The van der Waals surface area contributed by atoms with Gasteiger partial charge in [0.1, 0.15) is 15.7 Å². The number of anilines is 2. The smallest absolute Gasteiger partial charge is 0.294 e. The fourth-order valence-corrected chi connectivity index (χ4v) is 5.37. The van der Waals surface area contributed by atoms with Crippen molar-refractivity contribution in [3.8, 4) is 10.6 Å². The number of benzene rings is 2. The summed E-state index contributed by atoms with van der Waals surface area (Å²) in [6.07, 6.45) is 2.91. The Morgan fingerprint density at radius 2 is 1.97 bits per heavy atom. The van der Waals surface area contributed by atoms with E-state index in [4.69, 9.17) is 5.14 Å². The van der Waals surface area contributed by atoms with Gasteiger partial charge in [-0.15, -0.1) is 11.3 Å². The summed E-state index contributed by atoms with van der Waals surface area (Å²) in [5.41, 5.74) is 2.72. The van der Waals surface area contributed by atoms with Gasteiger partial charge in [-0.1, -0.05) is 0 Å². The van der Waals surface area contributed by atoms with Gasteiger partial charge >= 0.3 is 6.03 Å². The summed E-state index contributed by atoms with van der Waals surface area (Å²) in [7, 11) is -4.23. The number of nitrogens with zero attached hydrogens (tertiary/aromatic N) is 3. The third kappa shape index (κ3) is 3.08. The summed E-state index contributed by atoms with van der Waals surface area (Å²) in [5, 5.41) is 7.95. The minimum absolute atomic E-state index is 0.131. The first kappa shape index (κ1) is 19.2. The molecule has 1 unspecified atom stereocenters. The van der Waals surface area contributed by atoms with Crippen LogP contribution in [-0.2, 0) is 16.4 Å². The van der Waals surface area contributed by atoms with Crippen molar-refractivity contribution < 1.29 is 17.6 Å². The second kappa shape index (κ2) is 6.86. The van der Waals surface area contributed by atoms with Gasteiger partial charge in [0, 0.05) is 35.4 Å². The van der Waals surface area contributed by atoms with Crippen LogP contribution >= 0.6 is 11.3 Å². The number of hydrogen-bond acceptors (Lipinski definition) is 5. The molecule has 2 aliphatic heterocycles. The van der Waals surface area contributed by atoms with E-state index in [1.165, 1.54) is 23.5 Å². The predicted octanol–water partition coefficient (Wildman–Crippen LogP) is 3.36. The van der Waals surface area contributed by atoms with Gasteiger partial charge in [0.2, 0.25) is 10.0 Å². The molecule has 0 bridgehead atoms. The molecule has 2 aromatic carbocycles. The van der Waals surface area contributed by atoms with E-state index in [0.29, 0.717) is 30.6 Å². The molecule has 0 saturated carbocycles. The standard InChI is InChI=1S/C20H17FN4O3S2/c21-16-10-13-9-15-5-7-24(14-3-1-12(2-4-14)19-23-6-8-29-19)20(26)25(15)17(13)11-18(16)30(22,27)28/h1-4,6,8,10-11,15H,5,7,9H2,(H2,22,27,28). The zero-order valence-corrected chi connectivity index (χ0v) is 17.3. The van der Waals surface area contributed by atoms with Crippen LogP contribution in [0.1, 0.15) is 12.0 Å². The minimum Gasteiger partial charge on any atom is -0.294 e. The molecule has 1 atom stereocenters. The first-order chi connectivity index (χ1) is 14.3. The molecule has 154 valence electrons. The van der Waals surface area contributed by atoms with Crippen molar-refractivity contribution in [2.45, 2.75) is 23.8 Å². The van der Waals surface area contributed by atoms with Crippen LogP contribution in [0.25, 0.3) is 10.6 Å². The van der Waals surface area contributed by atoms with Crippen molar-refractivity contribution in [3.05, 3.63) is 59.4 Å². The number of amides is 2. The van der Waals surface area contributed by atoms with Gasteiger partial charge in [-0.3, -0.25) is 9.80 Å². The summed E-state index contributed by atoms with van der Waals surface area (Å²) in [6.45, 7) is 0.523. The number of hydrogen-bond donors (Lipinski definition) is 1. The second-order valence-corrected chi connectivity index (χ2v) is 9.72. The van der Waals surface area contributed by atoms with Crippen molar-refractivity contribution in [2.24, 2.45) is 5.14 Å². The average Bonchev–Trinajstić information content (AvgIpc) is 3.35. The van der Waals surface area contributed by atoms with Gasteiger partial charge in [0.05, 0.1) is 5.69 Å². The fraction of sp³-hybridized carbons (Fsp3) is 0.200. The summed E-state index contributed by atoms with van der Waals surface area (Å²) in [4.78, 5) is 20.2. The van der Waals surface area contributed by atoms with E-state index in [1.54, 1.807) is 16.0 Å².